The van der Waals surface area contributed by atoms with E-state index in [0.717, 1.165) is 0 Å². The average Bonchev–Trinajstić information content (AvgIpc) is 3.25. The molecule has 1 heterocycles. The number of amides is 1. The zero-order valence-electron chi connectivity index (χ0n) is 16.2. The van der Waals surface area contributed by atoms with E-state index in [2.05, 4.69) is 15.5 Å². The van der Waals surface area contributed by atoms with Gasteiger partial charge in [-0.25, -0.2) is 4.79 Å². The first kappa shape index (κ1) is 20.7. The molecule has 0 fully saturated rings. The van der Waals surface area contributed by atoms with Gasteiger partial charge in [0, 0.05) is 17.5 Å². The third kappa shape index (κ3) is 5.74. The molecule has 1 aromatic heterocycles. The van der Waals surface area contributed by atoms with Crippen LogP contribution in [0, 0.1) is 0 Å². The summed E-state index contributed by atoms with van der Waals surface area (Å²) < 4.78 is 15.5. The number of carbonyl (C=O) groups excluding carboxylic acids is 3. The number of esters is 1. The number of carbonyl (C=O) groups is 3. The number of benzene rings is 2. The Morgan fingerprint density at radius 1 is 0.967 bits per heavy atom. The maximum atomic E-state index is 11.9. The van der Waals surface area contributed by atoms with E-state index in [4.69, 9.17) is 13.9 Å². The number of Topliss-reactive ketones (excluding diaryl/α,β-unsaturated/α-hetero) is 1. The van der Waals surface area contributed by atoms with Crippen LogP contribution in [-0.4, -0.2) is 41.1 Å². The Kier molecular flexibility index (Phi) is 6.88. The van der Waals surface area contributed by atoms with Crippen LogP contribution in [0.2, 0.25) is 0 Å². The Morgan fingerprint density at radius 3 is 2.40 bits per heavy atom. The maximum Gasteiger partial charge on any atom is 0.344 e. The molecule has 154 valence electrons. The summed E-state index contributed by atoms with van der Waals surface area (Å²) in [7, 11) is 0. The van der Waals surface area contributed by atoms with Crippen LogP contribution in [0.1, 0.15) is 23.7 Å². The van der Waals surface area contributed by atoms with E-state index in [1.54, 1.807) is 43.3 Å². The number of hydrogen-bond acceptors (Lipinski definition) is 8. The molecule has 0 spiro atoms. The minimum atomic E-state index is -0.727. The summed E-state index contributed by atoms with van der Waals surface area (Å²) in [6, 6.07) is 15.4. The number of hydrogen-bond donors (Lipinski definition) is 1. The Hall–Kier alpha value is -4.01. The lowest BCUT2D eigenvalue weighted by Crippen LogP contribution is -2.23. The fourth-order valence-electron chi connectivity index (χ4n) is 2.40. The van der Waals surface area contributed by atoms with E-state index in [9.17, 15) is 14.4 Å². The molecule has 9 heteroatoms. The fourth-order valence-corrected chi connectivity index (χ4v) is 2.40. The van der Waals surface area contributed by atoms with Gasteiger partial charge in [0.1, 0.15) is 5.75 Å². The van der Waals surface area contributed by atoms with E-state index in [1.807, 2.05) is 18.2 Å². The minimum absolute atomic E-state index is 0.0177. The Bertz CT molecular complexity index is 1010. The first-order valence-electron chi connectivity index (χ1n) is 9.15. The topological polar surface area (TPSA) is 121 Å². The van der Waals surface area contributed by atoms with Crippen molar-refractivity contribution in [3.8, 4) is 17.2 Å². The van der Waals surface area contributed by atoms with E-state index >= 15 is 0 Å². The van der Waals surface area contributed by atoms with E-state index in [1.165, 1.54) is 0 Å². The number of rotatable bonds is 9. The van der Waals surface area contributed by atoms with Crippen molar-refractivity contribution in [3.05, 3.63) is 60.2 Å². The van der Waals surface area contributed by atoms with Crippen LogP contribution in [0.4, 0.5) is 6.01 Å². The number of anilines is 1. The minimum Gasteiger partial charge on any atom is -0.482 e. The molecule has 1 amide bonds. The molecule has 1 N–H and O–H groups in total. The number of aromatic nitrogens is 2. The van der Waals surface area contributed by atoms with Crippen LogP contribution in [0.5, 0.6) is 5.75 Å². The summed E-state index contributed by atoms with van der Waals surface area (Å²) in [5.41, 5.74) is 1.28. The smallest absolute Gasteiger partial charge is 0.344 e. The summed E-state index contributed by atoms with van der Waals surface area (Å²) in [4.78, 5) is 35.2. The van der Waals surface area contributed by atoms with Gasteiger partial charge in [-0.3, -0.25) is 14.9 Å². The molecule has 9 nitrogen and oxygen atoms in total. The molecule has 0 aliphatic heterocycles. The standard InChI is InChI=1S/C21H19N3O6/c1-2-17(25)14-8-10-16(11-9-14)28-13-19(27)29-12-18(26)22-21-24-23-20(30-21)15-6-4-3-5-7-15/h3-11H,2,12-13H2,1H3,(H,22,24,26). The molecule has 0 radical (unpaired) electrons. The Labute approximate surface area is 172 Å². The van der Waals surface area contributed by atoms with Crippen molar-refractivity contribution in [3.63, 3.8) is 0 Å². The summed E-state index contributed by atoms with van der Waals surface area (Å²) in [5.74, 6) is -0.682. The largest absolute Gasteiger partial charge is 0.482 e. The number of nitrogens with one attached hydrogen (secondary N) is 1. The van der Waals surface area contributed by atoms with Crippen LogP contribution in [-0.2, 0) is 14.3 Å². The van der Waals surface area contributed by atoms with Crippen LogP contribution in [0.3, 0.4) is 0 Å². The zero-order valence-corrected chi connectivity index (χ0v) is 16.2. The quantitative estimate of drug-likeness (QED) is 0.423. The van der Waals surface area contributed by atoms with Crippen molar-refractivity contribution < 1.29 is 28.3 Å². The van der Waals surface area contributed by atoms with Crippen molar-refractivity contribution in [2.45, 2.75) is 13.3 Å². The van der Waals surface area contributed by atoms with Gasteiger partial charge in [-0.15, -0.1) is 5.10 Å². The molecule has 3 rings (SSSR count). The summed E-state index contributed by atoms with van der Waals surface area (Å²) in [6.07, 6.45) is 0.408. The third-order valence-electron chi connectivity index (χ3n) is 3.91. The second kappa shape index (κ2) is 9.97. The van der Waals surface area contributed by atoms with E-state index in [0.29, 0.717) is 23.3 Å². The van der Waals surface area contributed by atoms with Gasteiger partial charge >= 0.3 is 12.0 Å². The highest BCUT2D eigenvalue weighted by Gasteiger charge is 2.13. The van der Waals surface area contributed by atoms with Crippen molar-refractivity contribution in [2.75, 3.05) is 18.5 Å². The molecule has 2 aromatic carbocycles. The van der Waals surface area contributed by atoms with Crippen molar-refractivity contribution >= 4 is 23.7 Å². The first-order chi connectivity index (χ1) is 14.5. The van der Waals surface area contributed by atoms with Crippen LogP contribution in [0.25, 0.3) is 11.5 Å². The zero-order chi connectivity index (χ0) is 21.3. The van der Waals surface area contributed by atoms with Crippen molar-refractivity contribution in [1.82, 2.24) is 10.2 Å². The van der Waals surface area contributed by atoms with Gasteiger partial charge in [-0.1, -0.05) is 30.2 Å². The molecular weight excluding hydrogens is 390 g/mol. The second-order valence-electron chi connectivity index (χ2n) is 6.08. The van der Waals surface area contributed by atoms with Gasteiger partial charge in [-0.05, 0) is 36.4 Å². The number of nitrogens with zero attached hydrogens (tertiary/aromatic N) is 2. The van der Waals surface area contributed by atoms with Crippen LogP contribution >= 0.6 is 0 Å². The van der Waals surface area contributed by atoms with Gasteiger partial charge in [-0.2, -0.15) is 0 Å². The third-order valence-corrected chi connectivity index (χ3v) is 3.91. The predicted molar refractivity (Wildman–Crippen MR) is 106 cm³/mol. The Morgan fingerprint density at radius 2 is 1.70 bits per heavy atom. The summed E-state index contributed by atoms with van der Waals surface area (Å²) in [5, 5.41) is 9.92. The highest BCUT2D eigenvalue weighted by molar-refractivity contribution is 5.95. The highest BCUT2D eigenvalue weighted by atomic mass is 16.6. The summed E-state index contributed by atoms with van der Waals surface area (Å²) >= 11 is 0. The van der Waals surface area contributed by atoms with Gasteiger partial charge in [0.15, 0.2) is 19.0 Å². The molecule has 0 saturated carbocycles. The summed E-state index contributed by atoms with van der Waals surface area (Å²) in [6.45, 7) is 0.863. The lowest BCUT2D eigenvalue weighted by atomic mass is 10.1. The van der Waals surface area contributed by atoms with Crippen LogP contribution in [0.15, 0.2) is 59.0 Å². The molecule has 0 atom stereocenters. The fraction of sp³-hybridized carbons (Fsp3) is 0.190. The van der Waals surface area contributed by atoms with Crippen molar-refractivity contribution in [2.24, 2.45) is 0 Å². The van der Waals surface area contributed by atoms with Crippen LogP contribution < -0.4 is 10.1 Å². The molecule has 3 aromatic rings. The van der Waals surface area contributed by atoms with Crippen molar-refractivity contribution in [1.29, 1.82) is 0 Å². The molecule has 0 aliphatic carbocycles. The van der Waals surface area contributed by atoms with Gasteiger partial charge in [0.05, 0.1) is 0 Å². The molecule has 0 saturated heterocycles. The van der Waals surface area contributed by atoms with E-state index < -0.39 is 18.5 Å². The SMILES string of the molecule is CCC(=O)c1ccc(OCC(=O)OCC(=O)Nc2nnc(-c3ccccc3)o2)cc1. The monoisotopic (exact) mass is 409 g/mol. The Balaban J connectivity index is 1.41. The second-order valence-corrected chi connectivity index (χ2v) is 6.08. The van der Waals surface area contributed by atoms with Gasteiger partial charge in [0.2, 0.25) is 5.89 Å². The highest BCUT2D eigenvalue weighted by Crippen LogP contribution is 2.19. The average molecular weight is 409 g/mol. The van der Waals surface area contributed by atoms with Gasteiger partial charge in [0.25, 0.3) is 5.91 Å². The maximum absolute atomic E-state index is 11.9. The van der Waals surface area contributed by atoms with Gasteiger partial charge < -0.3 is 13.9 Å². The number of ether oxygens (including phenoxy) is 2. The molecule has 0 aliphatic rings. The molecule has 0 unspecified atom stereocenters. The molecule has 30 heavy (non-hydrogen) atoms. The lowest BCUT2D eigenvalue weighted by molar-refractivity contribution is -0.149. The number of ketones is 1. The predicted octanol–water partition coefficient (Wildman–Crippen LogP) is 2.89. The normalized spacial score (nSPS) is 10.3. The van der Waals surface area contributed by atoms with E-state index in [-0.39, 0.29) is 24.3 Å². The molecule has 0 bridgehead atoms. The molecular formula is C21H19N3O6. The first-order valence-corrected chi connectivity index (χ1v) is 9.15. The lowest BCUT2D eigenvalue weighted by Gasteiger charge is -2.07.